The minimum atomic E-state index is -0.943. The number of hydrogen-bond donors (Lipinski definition) is 3. The molecule has 0 saturated heterocycles. The van der Waals surface area contributed by atoms with Crippen molar-refractivity contribution in [3.63, 3.8) is 0 Å². The van der Waals surface area contributed by atoms with Gasteiger partial charge >= 0.3 is 5.97 Å². The van der Waals surface area contributed by atoms with Crippen LogP contribution in [-0.4, -0.2) is 29.6 Å². The average Bonchev–Trinajstić information content (AvgIpc) is 3.21. The topological polar surface area (TPSA) is 78.4 Å². The Balaban J connectivity index is 1.68. The van der Waals surface area contributed by atoms with Gasteiger partial charge in [-0.25, -0.2) is 4.79 Å². The zero-order valence-corrected chi connectivity index (χ0v) is 10.7. The molecule has 1 aromatic carbocycles. The Morgan fingerprint density at radius 3 is 2.47 bits per heavy atom. The first-order valence-corrected chi connectivity index (χ1v) is 6.47. The number of carboxylic acid groups (broad SMARTS) is 1. The van der Waals surface area contributed by atoms with Crippen molar-refractivity contribution in [3.05, 3.63) is 35.4 Å². The SMILES string of the molecule is O=C(CCNC1CC1)NCc1ccc(C(=O)O)cc1. The van der Waals surface area contributed by atoms with Gasteiger partial charge in [0.2, 0.25) is 5.91 Å². The minimum absolute atomic E-state index is 0.00969. The third-order valence-electron chi connectivity index (χ3n) is 3.05. The maximum atomic E-state index is 11.5. The fraction of sp³-hybridized carbons (Fsp3) is 0.429. The van der Waals surface area contributed by atoms with Crippen molar-refractivity contribution in [2.45, 2.75) is 31.8 Å². The number of hydrogen-bond acceptors (Lipinski definition) is 3. The molecule has 0 atom stereocenters. The third kappa shape index (κ3) is 4.71. The summed E-state index contributed by atoms with van der Waals surface area (Å²) in [5, 5.41) is 14.9. The van der Waals surface area contributed by atoms with Crippen LogP contribution in [0.15, 0.2) is 24.3 Å². The van der Waals surface area contributed by atoms with Gasteiger partial charge in [-0.05, 0) is 30.5 Å². The smallest absolute Gasteiger partial charge is 0.335 e. The molecule has 1 aliphatic rings. The van der Waals surface area contributed by atoms with Crippen molar-refractivity contribution in [1.29, 1.82) is 0 Å². The number of carbonyl (C=O) groups excluding carboxylic acids is 1. The molecule has 0 bridgehead atoms. The van der Waals surface area contributed by atoms with Crippen LogP contribution in [0.5, 0.6) is 0 Å². The quantitative estimate of drug-likeness (QED) is 0.688. The second-order valence-electron chi connectivity index (χ2n) is 4.76. The van der Waals surface area contributed by atoms with E-state index in [1.807, 2.05) is 0 Å². The van der Waals surface area contributed by atoms with Crippen LogP contribution in [0.2, 0.25) is 0 Å². The van der Waals surface area contributed by atoms with Crippen LogP contribution in [0.4, 0.5) is 0 Å². The van der Waals surface area contributed by atoms with Crippen LogP contribution in [0.3, 0.4) is 0 Å². The van der Waals surface area contributed by atoms with Crippen LogP contribution in [0.25, 0.3) is 0 Å². The first kappa shape index (κ1) is 13.5. The van der Waals surface area contributed by atoms with E-state index in [1.165, 1.54) is 12.8 Å². The van der Waals surface area contributed by atoms with Crippen molar-refractivity contribution in [2.75, 3.05) is 6.54 Å². The lowest BCUT2D eigenvalue weighted by Crippen LogP contribution is -2.28. The van der Waals surface area contributed by atoms with Crippen molar-refractivity contribution in [3.8, 4) is 0 Å². The zero-order valence-electron chi connectivity index (χ0n) is 10.7. The number of carbonyl (C=O) groups is 2. The second kappa shape index (κ2) is 6.33. The normalized spacial score (nSPS) is 14.1. The van der Waals surface area contributed by atoms with E-state index in [0.717, 1.165) is 5.56 Å². The number of carboxylic acids is 1. The Labute approximate surface area is 112 Å². The number of aromatic carboxylic acids is 1. The summed E-state index contributed by atoms with van der Waals surface area (Å²) in [6, 6.07) is 7.13. The highest BCUT2D eigenvalue weighted by atomic mass is 16.4. The monoisotopic (exact) mass is 262 g/mol. The van der Waals surface area contributed by atoms with Gasteiger partial charge < -0.3 is 15.7 Å². The van der Waals surface area contributed by atoms with Crippen molar-refractivity contribution < 1.29 is 14.7 Å². The first-order chi connectivity index (χ1) is 9.15. The summed E-state index contributed by atoms with van der Waals surface area (Å²) in [5.41, 5.74) is 1.15. The van der Waals surface area contributed by atoms with Gasteiger partial charge in [0.1, 0.15) is 0 Å². The van der Waals surface area contributed by atoms with Crippen LogP contribution < -0.4 is 10.6 Å². The van der Waals surface area contributed by atoms with Crippen molar-refractivity contribution in [2.24, 2.45) is 0 Å². The number of amides is 1. The van der Waals surface area contributed by atoms with E-state index in [9.17, 15) is 9.59 Å². The first-order valence-electron chi connectivity index (χ1n) is 6.47. The van der Waals surface area contributed by atoms with Gasteiger partial charge in [-0.15, -0.1) is 0 Å². The van der Waals surface area contributed by atoms with Crippen LogP contribution in [0, 0.1) is 0 Å². The highest BCUT2D eigenvalue weighted by Crippen LogP contribution is 2.18. The summed E-state index contributed by atoms with van der Waals surface area (Å²) in [6.45, 7) is 1.15. The molecule has 1 saturated carbocycles. The van der Waals surface area contributed by atoms with E-state index in [2.05, 4.69) is 10.6 Å². The number of benzene rings is 1. The lowest BCUT2D eigenvalue weighted by molar-refractivity contribution is -0.121. The molecule has 0 aliphatic heterocycles. The van der Waals surface area contributed by atoms with Crippen LogP contribution >= 0.6 is 0 Å². The second-order valence-corrected chi connectivity index (χ2v) is 4.76. The summed E-state index contributed by atoms with van der Waals surface area (Å²) >= 11 is 0. The summed E-state index contributed by atoms with van der Waals surface area (Å²) in [4.78, 5) is 22.2. The Morgan fingerprint density at radius 1 is 1.21 bits per heavy atom. The van der Waals surface area contributed by atoms with Gasteiger partial charge in [0.15, 0.2) is 0 Å². The van der Waals surface area contributed by atoms with Gasteiger partial charge in [0.05, 0.1) is 5.56 Å². The molecule has 0 unspecified atom stereocenters. The minimum Gasteiger partial charge on any atom is -0.478 e. The summed E-state index contributed by atoms with van der Waals surface area (Å²) in [5.74, 6) is -0.933. The van der Waals surface area contributed by atoms with E-state index < -0.39 is 5.97 Å². The highest BCUT2D eigenvalue weighted by Gasteiger charge is 2.19. The molecule has 1 amide bonds. The average molecular weight is 262 g/mol. The van der Waals surface area contributed by atoms with E-state index in [4.69, 9.17) is 5.11 Å². The molecule has 0 spiro atoms. The van der Waals surface area contributed by atoms with E-state index in [0.29, 0.717) is 25.6 Å². The predicted molar refractivity (Wildman–Crippen MR) is 70.9 cm³/mol. The largest absolute Gasteiger partial charge is 0.478 e. The summed E-state index contributed by atoms with van der Waals surface area (Å²) < 4.78 is 0. The fourth-order valence-corrected chi connectivity index (χ4v) is 1.73. The Kier molecular flexibility index (Phi) is 4.52. The van der Waals surface area contributed by atoms with Gasteiger partial charge in [0.25, 0.3) is 0 Å². The van der Waals surface area contributed by atoms with Crippen molar-refractivity contribution >= 4 is 11.9 Å². The van der Waals surface area contributed by atoms with E-state index in [1.54, 1.807) is 24.3 Å². The predicted octanol–water partition coefficient (Wildman–Crippen LogP) is 1.14. The highest BCUT2D eigenvalue weighted by molar-refractivity contribution is 5.87. The van der Waals surface area contributed by atoms with Crippen LogP contribution in [-0.2, 0) is 11.3 Å². The maximum Gasteiger partial charge on any atom is 0.335 e. The zero-order chi connectivity index (χ0) is 13.7. The van der Waals surface area contributed by atoms with Gasteiger partial charge in [-0.3, -0.25) is 4.79 Å². The summed E-state index contributed by atoms with van der Waals surface area (Å²) in [7, 11) is 0. The molecule has 1 fully saturated rings. The van der Waals surface area contributed by atoms with Gasteiger partial charge in [-0.2, -0.15) is 0 Å². The molecule has 5 nitrogen and oxygen atoms in total. The number of nitrogens with one attached hydrogen (secondary N) is 2. The molecule has 19 heavy (non-hydrogen) atoms. The molecule has 0 radical (unpaired) electrons. The molecule has 0 heterocycles. The van der Waals surface area contributed by atoms with E-state index in [-0.39, 0.29) is 11.5 Å². The Hall–Kier alpha value is -1.88. The molecule has 2 rings (SSSR count). The lowest BCUT2D eigenvalue weighted by Gasteiger charge is -2.06. The summed E-state index contributed by atoms with van der Waals surface area (Å²) in [6.07, 6.45) is 2.92. The molecule has 1 aromatic rings. The van der Waals surface area contributed by atoms with Gasteiger partial charge in [0, 0.05) is 25.6 Å². The molecular formula is C14H18N2O3. The fourth-order valence-electron chi connectivity index (χ4n) is 1.73. The third-order valence-corrected chi connectivity index (χ3v) is 3.05. The number of rotatable bonds is 7. The van der Waals surface area contributed by atoms with Crippen molar-refractivity contribution in [1.82, 2.24) is 10.6 Å². The van der Waals surface area contributed by atoms with E-state index >= 15 is 0 Å². The molecule has 5 heteroatoms. The maximum absolute atomic E-state index is 11.5. The molecule has 102 valence electrons. The molecule has 0 aromatic heterocycles. The standard InChI is InChI=1S/C14H18N2O3/c17-13(7-8-15-12-5-6-12)16-9-10-1-3-11(4-2-10)14(18)19/h1-4,12,15H,5-9H2,(H,16,17)(H,18,19). The molecule has 3 N–H and O–H groups in total. The Bertz CT molecular complexity index is 452. The lowest BCUT2D eigenvalue weighted by atomic mass is 10.1. The Morgan fingerprint density at radius 2 is 1.89 bits per heavy atom. The molecular weight excluding hydrogens is 244 g/mol. The van der Waals surface area contributed by atoms with Gasteiger partial charge in [-0.1, -0.05) is 12.1 Å². The van der Waals surface area contributed by atoms with Crippen LogP contribution in [0.1, 0.15) is 35.2 Å². The molecule has 1 aliphatic carbocycles.